The Morgan fingerprint density at radius 3 is 2.88 bits per heavy atom. The first-order valence-corrected chi connectivity index (χ1v) is 8.88. The summed E-state index contributed by atoms with van der Waals surface area (Å²) in [6.07, 6.45) is 6.84. The summed E-state index contributed by atoms with van der Waals surface area (Å²) in [7, 11) is 0. The van der Waals surface area contributed by atoms with Gasteiger partial charge in [-0.1, -0.05) is 12.1 Å². The number of nitrogens with one attached hydrogen (secondary N) is 2. The molecule has 24 heavy (non-hydrogen) atoms. The van der Waals surface area contributed by atoms with Crippen LogP contribution in [-0.2, 0) is 17.6 Å². The molecule has 5 heteroatoms. The standard InChI is InChI=1S/C19H24N4O/c1-13(21-16-6-9-18-15(11-16)12-20-22-18)14-4-7-17(8-5-14)23-10-2-3-19(23)24/h4-5,7-8,12-13,16,21H,2-3,6,9-11H2,1H3,(H,20,22)/t13-,16-/m1/s1. The Morgan fingerprint density at radius 1 is 1.29 bits per heavy atom. The molecule has 2 aliphatic rings. The van der Waals surface area contributed by atoms with E-state index >= 15 is 0 Å². The number of aromatic amines is 1. The third-order valence-electron chi connectivity index (χ3n) is 5.28. The van der Waals surface area contributed by atoms with Gasteiger partial charge in [-0.05, 0) is 55.9 Å². The van der Waals surface area contributed by atoms with Crippen molar-refractivity contribution in [3.05, 3.63) is 47.3 Å². The number of carbonyl (C=O) groups excluding carboxylic acids is 1. The minimum Gasteiger partial charge on any atom is -0.312 e. The van der Waals surface area contributed by atoms with Gasteiger partial charge in [-0.3, -0.25) is 9.89 Å². The zero-order chi connectivity index (χ0) is 16.5. The second kappa shape index (κ2) is 6.40. The first-order chi connectivity index (χ1) is 11.7. The number of H-pyrrole nitrogens is 1. The molecule has 4 rings (SSSR count). The molecule has 1 fully saturated rings. The Bertz CT molecular complexity index is 721. The number of hydrogen-bond donors (Lipinski definition) is 2. The number of fused-ring (bicyclic) bond motifs is 1. The number of aryl methyl sites for hydroxylation is 1. The molecule has 0 radical (unpaired) electrons. The second-order valence-electron chi connectivity index (χ2n) is 6.94. The lowest BCUT2D eigenvalue weighted by Gasteiger charge is -2.27. The van der Waals surface area contributed by atoms with Gasteiger partial charge in [0.05, 0.1) is 6.20 Å². The first-order valence-electron chi connectivity index (χ1n) is 8.88. The van der Waals surface area contributed by atoms with E-state index in [9.17, 15) is 4.79 Å². The van der Waals surface area contributed by atoms with Crippen molar-refractivity contribution in [1.29, 1.82) is 0 Å². The summed E-state index contributed by atoms with van der Waals surface area (Å²) in [6.45, 7) is 3.06. The van der Waals surface area contributed by atoms with Crippen LogP contribution in [0.2, 0.25) is 0 Å². The number of aromatic nitrogens is 2. The smallest absolute Gasteiger partial charge is 0.227 e. The highest BCUT2D eigenvalue weighted by atomic mass is 16.2. The van der Waals surface area contributed by atoms with Crippen molar-refractivity contribution >= 4 is 11.6 Å². The van der Waals surface area contributed by atoms with Gasteiger partial charge in [0, 0.05) is 36.4 Å². The maximum atomic E-state index is 11.8. The highest BCUT2D eigenvalue weighted by molar-refractivity contribution is 5.95. The Labute approximate surface area is 142 Å². The third kappa shape index (κ3) is 2.96. The highest BCUT2D eigenvalue weighted by Gasteiger charge is 2.23. The molecule has 2 N–H and O–H groups in total. The van der Waals surface area contributed by atoms with Crippen LogP contribution in [-0.4, -0.2) is 28.7 Å². The molecular weight excluding hydrogens is 300 g/mol. The van der Waals surface area contributed by atoms with E-state index in [-0.39, 0.29) is 5.91 Å². The average molecular weight is 324 g/mol. The van der Waals surface area contributed by atoms with Crippen molar-refractivity contribution in [3.8, 4) is 0 Å². The summed E-state index contributed by atoms with van der Waals surface area (Å²) < 4.78 is 0. The van der Waals surface area contributed by atoms with E-state index in [2.05, 4.69) is 46.7 Å². The molecule has 2 heterocycles. The van der Waals surface area contributed by atoms with Gasteiger partial charge < -0.3 is 10.2 Å². The Hall–Kier alpha value is -2.14. The van der Waals surface area contributed by atoms with Crippen molar-refractivity contribution in [2.45, 2.75) is 51.1 Å². The number of hydrogen-bond acceptors (Lipinski definition) is 3. The van der Waals surface area contributed by atoms with Crippen molar-refractivity contribution in [2.75, 3.05) is 11.4 Å². The summed E-state index contributed by atoms with van der Waals surface area (Å²) in [5.74, 6) is 0.243. The van der Waals surface area contributed by atoms with Crippen LogP contribution in [0.3, 0.4) is 0 Å². The SMILES string of the molecule is C[C@@H](N[C@@H]1CCc2[nH]ncc2C1)c1ccc(N2CCCC2=O)cc1. The molecule has 1 aliphatic carbocycles. The fourth-order valence-corrected chi connectivity index (χ4v) is 3.87. The normalized spacial score (nSPS) is 21.8. The van der Waals surface area contributed by atoms with Gasteiger partial charge in [-0.25, -0.2) is 0 Å². The molecule has 1 aromatic carbocycles. The van der Waals surface area contributed by atoms with Crippen LogP contribution in [0.5, 0.6) is 0 Å². The number of benzene rings is 1. The van der Waals surface area contributed by atoms with Gasteiger partial charge in [0.2, 0.25) is 5.91 Å². The van der Waals surface area contributed by atoms with Gasteiger partial charge in [0.15, 0.2) is 0 Å². The fraction of sp³-hybridized carbons (Fsp3) is 0.474. The van der Waals surface area contributed by atoms with Gasteiger partial charge in [-0.15, -0.1) is 0 Å². The zero-order valence-corrected chi connectivity index (χ0v) is 14.1. The average Bonchev–Trinajstić information content (AvgIpc) is 3.23. The van der Waals surface area contributed by atoms with E-state index in [1.807, 2.05) is 11.1 Å². The van der Waals surface area contributed by atoms with Gasteiger partial charge in [0.1, 0.15) is 0 Å². The molecule has 1 amide bonds. The summed E-state index contributed by atoms with van der Waals surface area (Å²) in [5, 5.41) is 11.0. The molecule has 5 nitrogen and oxygen atoms in total. The maximum Gasteiger partial charge on any atom is 0.227 e. The molecule has 0 bridgehead atoms. The second-order valence-corrected chi connectivity index (χ2v) is 6.94. The van der Waals surface area contributed by atoms with E-state index in [0.29, 0.717) is 18.5 Å². The van der Waals surface area contributed by atoms with Crippen molar-refractivity contribution in [1.82, 2.24) is 15.5 Å². The van der Waals surface area contributed by atoms with Gasteiger partial charge in [-0.2, -0.15) is 5.10 Å². The minimum absolute atomic E-state index is 0.243. The molecule has 0 unspecified atom stereocenters. The van der Waals surface area contributed by atoms with E-state index in [1.165, 1.54) is 16.8 Å². The van der Waals surface area contributed by atoms with Crippen LogP contribution in [0.4, 0.5) is 5.69 Å². The molecule has 2 atom stereocenters. The molecule has 0 spiro atoms. The number of carbonyl (C=O) groups is 1. The minimum atomic E-state index is 0.243. The summed E-state index contributed by atoms with van der Waals surface area (Å²) in [5.41, 5.74) is 4.92. The van der Waals surface area contributed by atoms with Crippen LogP contribution in [0.25, 0.3) is 0 Å². The first kappa shape index (κ1) is 15.4. The Balaban J connectivity index is 1.40. The Kier molecular flexibility index (Phi) is 4.10. The molecule has 0 saturated carbocycles. The lowest BCUT2D eigenvalue weighted by Crippen LogP contribution is -2.36. The molecular formula is C19H24N4O. The van der Waals surface area contributed by atoms with Crippen molar-refractivity contribution in [2.24, 2.45) is 0 Å². The predicted octanol–water partition coefficient (Wildman–Crippen LogP) is 2.74. The fourth-order valence-electron chi connectivity index (χ4n) is 3.87. The molecule has 1 saturated heterocycles. The van der Waals surface area contributed by atoms with Crippen LogP contribution in [0, 0.1) is 0 Å². The predicted molar refractivity (Wildman–Crippen MR) is 94.0 cm³/mol. The van der Waals surface area contributed by atoms with E-state index in [1.54, 1.807) is 0 Å². The van der Waals surface area contributed by atoms with Gasteiger partial charge >= 0.3 is 0 Å². The van der Waals surface area contributed by atoms with Crippen molar-refractivity contribution in [3.63, 3.8) is 0 Å². The summed E-state index contributed by atoms with van der Waals surface area (Å²) in [6, 6.07) is 9.23. The zero-order valence-electron chi connectivity index (χ0n) is 14.1. The topological polar surface area (TPSA) is 61.0 Å². The maximum absolute atomic E-state index is 11.8. The third-order valence-corrected chi connectivity index (χ3v) is 5.28. The largest absolute Gasteiger partial charge is 0.312 e. The number of anilines is 1. The van der Waals surface area contributed by atoms with Crippen molar-refractivity contribution < 1.29 is 4.79 Å². The van der Waals surface area contributed by atoms with E-state index in [0.717, 1.165) is 37.9 Å². The molecule has 2 aromatic rings. The van der Waals surface area contributed by atoms with E-state index in [4.69, 9.17) is 0 Å². The molecule has 1 aliphatic heterocycles. The van der Waals surface area contributed by atoms with Crippen LogP contribution in [0.1, 0.15) is 49.0 Å². The van der Waals surface area contributed by atoms with E-state index < -0.39 is 0 Å². The summed E-state index contributed by atoms with van der Waals surface area (Å²) in [4.78, 5) is 13.7. The Morgan fingerprint density at radius 2 is 2.12 bits per heavy atom. The number of rotatable bonds is 4. The quantitative estimate of drug-likeness (QED) is 0.909. The molecule has 126 valence electrons. The lowest BCUT2D eigenvalue weighted by molar-refractivity contribution is -0.117. The van der Waals surface area contributed by atoms with Crippen LogP contribution in [0.15, 0.2) is 30.5 Å². The van der Waals surface area contributed by atoms with Gasteiger partial charge in [0.25, 0.3) is 0 Å². The van der Waals surface area contributed by atoms with Crippen LogP contribution >= 0.6 is 0 Å². The van der Waals surface area contributed by atoms with Crippen LogP contribution < -0.4 is 10.2 Å². The summed E-state index contributed by atoms with van der Waals surface area (Å²) >= 11 is 0. The number of amides is 1. The lowest BCUT2D eigenvalue weighted by atomic mass is 9.92. The monoisotopic (exact) mass is 324 g/mol. The highest BCUT2D eigenvalue weighted by Crippen LogP contribution is 2.25. The molecule has 1 aromatic heterocycles. The number of nitrogens with zero attached hydrogens (tertiary/aromatic N) is 2.